The molecular weight excluding hydrogens is 260 g/mol. The van der Waals surface area contributed by atoms with E-state index in [9.17, 15) is 8.42 Å². The van der Waals surface area contributed by atoms with Crippen LogP contribution in [0.15, 0.2) is 18.2 Å². The van der Waals surface area contributed by atoms with Crippen molar-refractivity contribution in [3.63, 3.8) is 0 Å². The SMILES string of the molecule is CC(C)NC(=S)c1cccc(OS(C)(=O)=O)n1. The number of nitrogens with one attached hydrogen (secondary N) is 1. The minimum atomic E-state index is -3.57. The fraction of sp³-hybridized carbons (Fsp3) is 0.400. The van der Waals surface area contributed by atoms with E-state index in [1.807, 2.05) is 13.8 Å². The first-order valence-corrected chi connectivity index (χ1v) is 7.18. The number of aromatic nitrogens is 1. The van der Waals surface area contributed by atoms with Gasteiger partial charge < -0.3 is 9.50 Å². The summed E-state index contributed by atoms with van der Waals surface area (Å²) in [6, 6.07) is 4.97. The van der Waals surface area contributed by atoms with Gasteiger partial charge >= 0.3 is 10.1 Å². The van der Waals surface area contributed by atoms with Gasteiger partial charge in [0.2, 0.25) is 5.88 Å². The van der Waals surface area contributed by atoms with Gasteiger partial charge in [-0.05, 0) is 19.9 Å². The van der Waals surface area contributed by atoms with Crippen molar-refractivity contribution in [1.82, 2.24) is 10.3 Å². The summed E-state index contributed by atoms with van der Waals surface area (Å²) in [7, 11) is -3.57. The van der Waals surface area contributed by atoms with Crippen LogP contribution in [0.25, 0.3) is 0 Å². The van der Waals surface area contributed by atoms with Crippen LogP contribution in [0.5, 0.6) is 5.88 Å². The van der Waals surface area contributed by atoms with Gasteiger partial charge in [0.05, 0.1) is 6.26 Å². The molecule has 0 saturated carbocycles. The molecule has 1 N–H and O–H groups in total. The summed E-state index contributed by atoms with van der Waals surface area (Å²) in [4.78, 5) is 4.46. The summed E-state index contributed by atoms with van der Waals surface area (Å²) < 4.78 is 26.6. The van der Waals surface area contributed by atoms with Crippen LogP contribution >= 0.6 is 12.2 Å². The van der Waals surface area contributed by atoms with E-state index in [0.717, 1.165) is 6.26 Å². The van der Waals surface area contributed by atoms with Gasteiger partial charge in [0.15, 0.2) is 0 Å². The van der Waals surface area contributed by atoms with Gasteiger partial charge in [-0.15, -0.1) is 0 Å². The van der Waals surface area contributed by atoms with Crippen molar-refractivity contribution in [2.75, 3.05) is 6.26 Å². The number of hydrogen-bond acceptors (Lipinski definition) is 5. The number of thiocarbonyl (C=S) groups is 1. The van der Waals surface area contributed by atoms with Crippen LogP contribution in [0, 0.1) is 0 Å². The lowest BCUT2D eigenvalue weighted by molar-refractivity contribution is 0.482. The van der Waals surface area contributed by atoms with Crippen LogP contribution in [0.2, 0.25) is 0 Å². The number of nitrogens with zero attached hydrogens (tertiary/aromatic N) is 1. The Kier molecular flexibility index (Phi) is 4.41. The average molecular weight is 274 g/mol. The van der Waals surface area contributed by atoms with Gasteiger partial charge in [-0.1, -0.05) is 18.3 Å². The van der Waals surface area contributed by atoms with Crippen molar-refractivity contribution in [3.8, 4) is 5.88 Å². The Morgan fingerprint density at radius 3 is 2.65 bits per heavy atom. The van der Waals surface area contributed by atoms with Gasteiger partial charge in [-0.3, -0.25) is 0 Å². The Balaban J connectivity index is 2.90. The van der Waals surface area contributed by atoms with Crippen molar-refractivity contribution in [2.45, 2.75) is 19.9 Å². The standard InChI is InChI=1S/C10H14N2O3S2/c1-7(2)11-10(16)8-5-4-6-9(12-8)15-17(3,13)14/h4-7H,1-3H3,(H,11,16). The van der Waals surface area contributed by atoms with Crippen LogP contribution < -0.4 is 9.50 Å². The minimum Gasteiger partial charge on any atom is -0.372 e. The Hall–Kier alpha value is -1.21. The zero-order chi connectivity index (χ0) is 13.1. The van der Waals surface area contributed by atoms with E-state index in [1.165, 1.54) is 6.07 Å². The van der Waals surface area contributed by atoms with Crippen molar-refractivity contribution >= 4 is 27.3 Å². The van der Waals surface area contributed by atoms with E-state index in [0.29, 0.717) is 10.7 Å². The molecule has 0 aliphatic carbocycles. The molecule has 0 amide bonds. The van der Waals surface area contributed by atoms with E-state index in [2.05, 4.69) is 14.5 Å². The summed E-state index contributed by atoms with van der Waals surface area (Å²) in [6.45, 7) is 3.90. The highest BCUT2D eigenvalue weighted by molar-refractivity contribution is 7.86. The molecule has 7 heteroatoms. The second-order valence-electron chi connectivity index (χ2n) is 3.78. The molecule has 17 heavy (non-hydrogen) atoms. The summed E-state index contributed by atoms with van der Waals surface area (Å²) in [6.07, 6.45) is 0.964. The Morgan fingerprint density at radius 1 is 1.47 bits per heavy atom. The highest BCUT2D eigenvalue weighted by Crippen LogP contribution is 2.10. The monoisotopic (exact) mass is 274 g/mol. The summed E-state index contributed by atoms with van der Waals surface area (Å²) in [5.41, 5.74) is 0.481. The van der Waals surface area contributed by atoms with Gasteiger partial charge in [-0.25, -0.2) is 4.98 Å². The molecule has 0 saturated heterocycles. The fourth-order valence-electron chi connectivity index (χ4n) is 1.08. The van der Waals surface area contributed by atoms with Crippen molar-refractivity contribution < 1.29 is 12.6 Å². The molecule has 1 heterocycles. The van der Waals surface area contributed by atoms with Crippen molar-refractivity contribution in [3.05, 3.63) is 23.9 Å². The molecule has 1 aromatic heterocycles. The summed E-state index contributed by atoms with van der Waals surface area (Å²) in [5, 5.41) is 3.01. The Bertz CT molecular complexity index is 512. The predicted octanol–water partition coefficient (Wildman–Crippen LogP) is 1.09. The number of rotatable bonds is 4. The Morgan fingerprint density at radius 2 is 2.12 bits per heavy atom. The van der Waals surface area contributed by atoms with Crippen molar-refractivity contribution in [2.24, 2.45) is 0 Å². The van der Waals surface area contributed by atoms with Gasteiger partial charge in [0.1, 0.15) is 10.7 Å². The maximum absolute atomic E-state index is 10.9. The summed E-state index contributed by atoms with van der Waals surface area (Å²) in [5.74, 6) is 0.0120. The first kappa shape index (κ1) is 13.9. The largest absolute Gasteiger partial charge is 0.372 e. The second kappa shape index (κ2) is 5.42. The first-order valence-electron chi connectivity index (χ1n) is 4.95. The zero-order valence-corrected chi connectivity index (χ0v) is 11.4. The first-order chi connectivity index (χ1) is 7.78. The molecule has 0 aromatic carbocycles. The smallest absolute Gasteiger partial charge is 0.307 e. The summed E-state index contributed by atoms with van der Waals surface area (Å²) >= 11 is 5.12. The molecule has 0 spiro atoms. The zero-order valence-electron chi connectivity index (χ0n) is 9.80. The normalized spacial score (nSPS) is 11.3. The van der Waals surface area contributed by atoms with Gasteiger partial charge in [-0.2, -0.15) is 8.42 Å². The molecule has 0 aliphatic rings. The van der Waals surface area contributed by atoms with Crippen LogP contribution in [-0.4, -0.2) is 30.7 Å². The van der Waals surface area contributed by atoms with E-state index in [1.54, 1.807) is 12.1 Å². The maximum Gasteiger partial charge on any atom is 0.307 e. The van der Waals surface area contributed by atoms with Crippen LogP contribution in [-0.2, 0) is 10.1 Å². The van der Waals surface area contributed by atoms with E-state index >= 15 is 0 Å². The molecule has 1 rings (SSSR count). The molecule has 0 unspecified atom stereocenters. The molecule has 94 valence electrons. The van der Waals surface area contributed by atoms with Crippen LogP contribution in [0.3, 0.4) is 0 Å². The second-order valence-corrected chi connectivity index (χ2v) is 5.76. The number of pyridine rings is 1. The highest BCUT2D eigenvalue weighted by Gasteiger charge is 2.09. The quantitative estimate of drug-likeness (QED) is 0.655. The molecule has 0 aliphatic heterocycles. The predicted molar refractivity (Wildman–Crippen MR) is 69.7 cm³/mol. The number of hydrogen-bond donors (Lipinski definition) is 1. The Labute approximate surface area is 106 Å². The van der Waals surface area contributed by atoms with E-state index in [4.69, 9.17) is 12.2 Å². The average Bonchev–Trinajstić information content (AvgIpc) is 2.14. The molecular formula is C10H14N2O3S2. The van der Waals surface area contributed by atoms with E-state index in [-0.39, 0.29) is 11.9 Å². The minimum absolute atomic E-state index is 0.0120. The lowest BCUT2D eigenvalue weighted by Gasteiger charge is -2.11. The van der Waals surface area contributed by atoms with Crippen LogP contribution in [0.4, 0.5) is 0 Å². The van der Waals surface area contributed by atoms with Gasteiger partial charge in [0, 0.05) is 12.1 Å². The molecule has 0 fully saturated rings. The lowest BCUT2D eigenvalue weighted by Crippen LogP contribution is -2.29. The molecule has 5 nitrogen and oxygen atoms in total. The fourth-order valence-corrected chi connectivity index (χ4v) is 1.83. The topological polar surface area (TPSA) is 68.3 Å². The molecule has 1 aromatic rings. The maximum atomic E-state index is 10.9. The molecule has 0 radical (unpaired) electrons. The van der Waals surface area contributed by atoms with Crippen molar-refractivity contribution in [1.29, 1.82) is 0 Å². The third-order valence-corrected chi connectivity index (χ3v) is 2.41. The third kappa shape index (κ3) is 5.10. The molecule has 0 bridgehead atoms. The van der Waals surface area contributed by atoms with Gasteiger partial charge in [0.25, 0.3) is 0 Å². The molecule has 0 atom stereocenters. The lowest BCUT2D eigenvalue weighted by atomic mass is 10.3. The van der Waals surface area contributed by atoms with E-state index < -0.39 is 10.1 Å². The van der Waals surface area contributed by atoms with Crippen LogP contribution in [0.1, 0.15) is 19.5 Å². The highest BCUT2D eigenvalue weighted by atomic mass is 32.2. The third-order valence-electron chi connectivity index (χ3n) is 1.61.